The fourth-order valence-corrected chi connectivity index (χ4v) is 3.44. The van der Waals surface area contributed by atoms with E-state index in [-0.39, 0.29) is 11.1 Å². The number of carbonyl (C=O) groups is 2. The summed E-state index contributed by atoms with van der Waals surface area (Å²) in [6.07, 6.45) is 0. The third-order valence-electron chi connectivity index (χ3n) is 3.84. The van der Waals surface area contributed by atoms with E-state index in [1.165, 1.54) is 6.07 Å². The van der Waals surface area contributed by atoms with Gasteiger partial charge in [0.15, 0.2) is 0 Å². The standard InChI is InChI=1S/C16H8O6S/c17-15-12-7-10(23(19,20)21)6-9-5-8-3-1-2-4-11(8)14(13(9)12)16(18)22-15/h1-7H,(H,19,20,21). The van der Waals surface area contributed by atoms with Crippen molar-refractivity contribution in [2.24, 2.45) is 0 Å². The number of carbonyl (C=O) groups excluding carboxylic acids is 2. The highest BCUT2D eigenvalue weighted by Gasteiger charge is 2.31. The molecule has 0 radical (unpaired) electrons. The third kappa shape index (κ3) is 1.94. The van der Waals surface area contributed by atoms with Crippen LogP contribution in [-0.2, 0) is 14.9 Å². The molecular formula is C16H8O6S. The molecule has 1 N–H and O–H groups in total. The van der Waals surface area contributed by atoms with E-state index >= 15 is 0 Å². The van der Waals surface area contributed by atoms with Crippen molar-refractivity contribution in [3.63, 3.8) is 0 Å². The Hall–Kier alpha value is -2.77. The Balaban J connectivity index is 2.30. The number of hydrogen-bond acceptors (Lipinski definition) is 5. The summed E-state index contributed by atoms with van der Waals surface area (Å²) in [5.74, 6) is -1.71. The second kappa shape index (κ2) is 4.37. The fourth-order valence-electron chi connectivity index (χ4n) is 2.89. The zero-order valence-electron chi connectivity index (χ0n) is 11.4. The van der Waals surface area contributed by atoms with Crippen molar-refractivity contribution in [1.82, 2.24) is 0 Å². The lowest BCUT2D eigenvalue weighted by Crippen LogP contribution is -2.20. The smallest absolute Gasteiger partial charge is 0.347 e. The molecule has 0 saturated heterocycles. The Morgan fingerprint density at radius 2 is 1.65 bits per heavy atom. The molecule has 0 bridgehead atoms. The first kappa shape index (κ1) is 13.9. The van der Waals surface area contributed by atoms with Gasteiger partial charge in [0.25, 0.3) is 10.1 Å². The number of benzene rings is 3. The van der Waals surface area contributed by atoms with E-state index < -0.39 is 27.0 Å². The summed E-state index contributed by atoms with van der Waals surface area (Å²) in [5.41, 5.74) is 0.157. The van der Waals surface area contributed by atoms with Gasteiger partial charge in [0, 0.05) is 5.39 Å². The number of cyclic esters (lactones) is 2. The van der Waals surface area contributed by atoms with Gasteiger partial charge in [-0.3, -0.25) is 4.55 Å². The van der Waals surface area contributed by atoms with Crippen molar-refractivity contribution >= 4 is 43.6 Å². The van der Waals surface area contributed by atoms with Crippen LogP contribution in [0.1, 0.15) is 20.7 Å². The Morgan fingerprint density at radius 1 is 0.913 bits per heavy atom. The van der Waals surface area contributed by atoms with Crippen LogP contribution in [0.2, 0.25) is 0 Å². The lowest BCUT2D eigenvalue weighted by atomic mass is 9.92. The SMILES string of the molecule is O=C1OC(=O)c2c3ccccc3cc3cc(S(=O)(=O)O)cc1c23. The zero-order valence-corrected chi connectivity index (χ0v) is 12.3. The average Bonchev–Trinajstić information content (AvgIpc) is 2.49. The summed E-state index contributed by atoms with van der Waals surface area (Å²) in [7, 11) is -4.50. The second-order valence-corrected chi connectivity index (χ2v) is 6.62. The largest absolute Gasteiger partial charge is 0.386 e. The van der Waals surface area contributed by atoms with Crippen LogP contribution in [0.3, 0.4) is 0 Å². The van der Waals surface area contributed by atoms with Crippen molar-refractivity contribution in [1.29, 1.82) is 0 Å². The molecule has 0 unspecified atom stereocenters. The van der Waals surface area contributed by atoms with Crippen molar-refractivity contribution in [3.05, 3.63) is 53.6 Å². The lowest BCUT2D eigenvalue weighted by molar-refractivity contribution is 0.0392. The molecule has 1 aliphatic rings. The van der Waals surface area contributed by atoms with Crippen LogP contribution in [0.5, 0.6) is 0 Å². The van der Waals surface area contributed by atoms with E-state index in [0.717, 1.165) is 6.07 Å². The molecule has 23 heavy (non-hydrogen) atoms. The van der Waals surface area contributed by atoms with Gasteiger partial charge in [-0.2, -0.15) is 8.42 Å². The summed E-state index contributed by atoms with van der Waals surface area (Å²) in [6.45, 7) is 0. The van der Waals surface area contributed by atoms with Crippen LogP contribution in [0.4, 0.5) is 0 Å². The number of esters is 2. The van der Waals surface area contributed by atoms with E-state index in [1.54, 1.807) is 30.3 Å². The number of hydrogen-bond donors (Lipinski definition) is 1. The van der Waals surface area contributed by atoms with Crippen LogP contribution in [-0.4, -0.2) is 24.9 Å². The normalized spacial score (nSPS) is 14.3. The lowest BCUT2D eigenvalue weighted by Gasteiger charge is -2.18. The number of fused-ring (bicyclic) bond motifs is 2. The molecule has 114 valence electrons. The van der Waals surface area contributed by atoms with E-state index in [2.05, 4.69) is 0 Å². The fraction of sp³-hybridized carbons (Fsp3) is 0. The summed E-state index contributed by atoms with van der Waals surface area (Å²) in [4.78, 5) is 23.7. The molecular weight excluding hydrogens is 320 g/mol. The highest BCUT2D eigenvalue weighted by atomic mass is 32.2. The Kier molecular flexibility index (Phi) is 2.64. The van der Waals surface area contributed by atoms with Gasteiger partial charge in [0.05, 0.1) is 16.0 Å². The molecule has 1 heterocycles. The predicted molar refractivity (Wildman–Crippen MR) is 81.0 cm³/mol. The van der Waals surface area contributed by atoms with Gasteiger partial charge >= 0.3 is 11.9 Å². The minimum absolute atomic E-state index is 0.0597. The van der Waals surface area contributed by atoms with Crippen molar-refractivity contribution in [2.75, 3.05) is 0 Å². The minimum Gasteiger partial charge on any atom is -0.386 e. The van der Waals surface area contributed by atoms with Gasteiger partial charge in [-0.15, -0.1) is 0 Å². The molecule has 0 aromatic heterocycles. The van der Waals surface area contributed by atoms with Crippen LogP contribution in [0.25, 0.3) is 21.5 Å². The maximum Gasteiger partial charge on any atom is 0.347 e. The van der Waals surface area contributed by atoms with E-state index in [4.69, 9.17) is 4.74 Å². The van der Waals surface area contributed by atoms with E-state index in [0.29, 0.717) is 21.5 Å². The Bertz CT molecular complexity index is 1140. The summed E-state index contributed by atoms with van der Waals surface area (Å²) < 4.78 is 36.8. The number of rotatable bonds is 1. The zero-order chi connectivity index (χ0) is 16.4. The molecule has 6 nitrogen and oxygen atoms in total. The summed E-state index contributed by atoms with van der Waals surface area (Å²) in [5, 5.41) is 2.00. The molecule has 0 amide bonds. The van der Waals surface area contributed by atoms with Gasteiger partial charge in [-0.25, -0.2) is 9.59 Å². The molecule has 0 atom stereocenters. The molecule has 0 spiro atoms. The third-order valence-corrected chi connectivity index (χ3v) is 4.67. The summed E-state index contributed by atoms with van der Waals surface area (Å²) >= 11 is 0. The van der Waals surface area contributed by atoms with Gasteiger partial charge in [-0.1, -0.05) is 24.3 Å². The summed E-state index contributed by atoms with van der Waals surface area (Å²) in [6, 6.07) is 10.9. The molecule has 4 rings (SSSR count). The molecule has 0 fully saturated rings. The highest BCUT2D eigenvalue weighted by Crippen LogP contribution is 2.36. The van der Waals surface area contributed by atoms with Crippen LogP contribution in [0.15, 0.2) is 47.4 Å². The highest BCUT2D eigenvalue weighted by molar-refractivity contribution is 7.85. The molecule has 7 heteroatoms. The maximum absolute atomic E-state index is 12.2. The first-order chi connectivity index (χ1) is 10.9. The Labute approximate surface area is 130 Å². The van der Waals surface area contributed by atoms with E-state index in [9.17, 15) is 22.6 Å². The van der Waals surface area contributed by atoms with Gasteiger partial charge in [0.1, 0.15) is 0 Å². The monoisotopic (exact) mass is 328 g/mol. The minimum atomic E-state index is -4.50. The van der Waals surface area contributed by atoms with Crippen LogP contribution >= 0.6 is 0 Å². The van der Waals surface area contributed by atoms with Gasteiger partial charge < -0.3 is 4.74 Å². The van der Waals surface area contributed by atoms with Crippen LogP contribution < -0.4 is 0 Å². The van der Waals surface area contributed by atoms with Gasteiger partial charge in [0.2, 0.25) is 0 Å². The predicted octanol–water partition coefficient (Wildman–Crippen LogP) is 2.55. The topological polar surface area (TPSA) is 97.7 Å². The van der Waals surface area contributed by atoms with Crippen molar-refractivity contribution in [2.45, 2.75) is 4.90 Å². The molecule has 0 saturated carbocycles. The van der Waals surface area contributed by atoms with Gasteiger partial charge in [-0.05, 0) is 34.4 Å². The molecule has 1 aliphatic heterocycles. The number of ether oxygens (including phenoxy) is 1. The first-order valence-electron chi connectivity index (χ1n) is 6.60. The Morgan fingerprint density at radius 3 is 2.39 bits per heavy atom. The van der Waals surface area contributed by atoms with Crippen molar-refractivity contribution in [3.8, 4) is 0 Å². The maximum atomic E-state index is 12.2. The second-order valence-electron chi connectivity index (χ2n) is 5.19. The molecule has 3 aromatic carbocycles. The first-order valence-corrected chi connectivity index (χ1v) is 8.04. The van der Waals surface area contributed by atoms with Crippen molar-refractivity contribution < 1.29 is 27.3 Å². The average molecular weight is 328 g/mol. The van der Waals surface area contributed by atoms with E-state index in [1.807, 2.05) is 0 Å². The molecule has 3 aromatic rings. The molecule has 0 aliphatic carbocycles. The van der Waals surface area contributed by atoms with Crippen LogP contribution in [0, 0.1) is 0 Å². The quantitative estimate of drug-likeness (QED) is 0.319.